The van der Waals surface area contributed by atoms with Gasteiger partial charge in [-0.25, -0.2) is 4.79 Å². The fourth-order valence-electron chi connectivity index (χ4n) is 2.10. The third-order valence-electron chi connectivity index (χ3n) is 3.48. The SMILES string of the molecule is CC(=NOCC(C)Oc1ccccc1)C(=O)ONOCC(C)Oc1ccccc1.[NaH]. The summed E-state index contributed by atoms with van der Waals surface area (Å²) in [5.41, 5.74) is 2.15. The summed E-state index contributed by atoms with van der Waals surface area (Å²) in [6.45, 7) is 5.48. The second-order valence-electron chi connectivity index (χ2n) is 6.24. The predicted octanol–water partition coefficient (Wildman–Crippen LogP) is 2.64. The molecule has 0 aromatic heterocycles. The molecule has 0 saturated heterocycles. The Morgan fingerprint density at radius 1 is 0.900 bits per heavy atom. The van der Waals surface area contributed by atoms with Crippen molar-refractivity contribution in [2.75, 3.05) is 13.2 Å². The molecule has 1 N–H and O–H groups in total. The standard InChI is InChI=1S/C21H26N2O6.Na.H/c1-16(27-19-10-6-4-7-11-19)14-25-22-18(3)21(24)29-23-26-15-17(2)28-20-12-8-5-9-13-20;;/h4-13,16-17,23H,14-15H2,1-3H3;;. The van der Waals surface area contributed by atoms with Gasteiger partial charge in [0.25, 0.3) is 0 Å². The van der Waals surface area contributed by atoms with Crippen molar-refractivity contribution < 1.29 is 28.8 Å². The Morgan fingerprint density at radius 3 is 1.93 bits per heavy atom. The van der Waals surface area contributed by atoms with Crippen LogP contribution >= 0.6 is 0 Å². The molecule has 2 aromatic carbocycles. The Balaban J connectivity index is 0.00000450. The van der Waals surface area contributed by atoms with Gasteiger partial charge in [-0.05, 0) is 50.7 Å². The van der Waals surface area contributed by atoms with Gasteiger partial charge >= 0.3 is 35.5 Å². The van der Waals surface area contributed by atoms with Crippen LogP contribution in [0.25, 0.3) is 0 Å². The van der Waals surface area contributed by atoms with E-state index in [0.29, 0.717) is 0 Å². The van der Waals surface area contributed by atoms with E-state index in [9.17, 15) is 4.79 Å². The Bertz CT molecular complexity index is 761. The molecule has 0 heterocycles. The summed E-state index contributed by atoms with van der Waals surface area (Å²) in [4.78, 5) is 26.8. The predicted molar refractivity (Wildman–Crippen MR) is 114 cm³/mol. The fourth-order valence-corrected chi connectivity index (χ4v) is 2.10. The van der Waals surface area contributed by atoms with Crippen LogP contribution in [0.3, 0.4) is 0 Å². The molecule has 0 radical (unpaired) electrons. The van der Waals surface area contributed by atoms with E-state index in [1.807, 2.05) is 74.5 Å². The second-order valence-corrected chi connectivity index (χ2v) is 6.24. The zero-order valence-corrected chi connectivity index (χ0v) is 16.7. The third kappa shape index (κ3) is 10.6. The summed E-state index contributed by atoms with van der Waals surface area (Å²) < 4.78 is 11.3. The molecule has 0 saturated carbocycles. The minimum atomic E-state index is -0.724. The van der Waals surface area contributed by atoms with E-state index in [2.05, 4.69) is 10.8 Å². The van der Waals surface area contributed by atoms with E-state index >= 15 is 0 Å². The molecule has 0 bridgehead atoms. The quantitative estimate of drug-likeness (QED) is 0.242. The zero-order chi connectivity index (χ0) is 20.9. The molecule has 0 aliphatic carbocycles. The zero-order valence-electron chi connectivity index (χ0n) is 16.7. The third-order valence-corrected chi connectivity index (χ3v) is 3.48. The van der Waals surface area contributed by atoms with Crippen molar-refractivity contribution in [3.8, 4) is 11.5 Å². The summed E-state index contributed by atoms with van der Waals surface area (Å²) in [5.74, 6) is 0.736. The van der Waals surface area contributed by atoms with Crippen LogP contribution in [0.5, 0.6) is 11.5 Å². The van der Waals surface area contributed by atoms with Crippen LogP contribution in [0.4, 0.5) is 0 Å². The Morgan fingerprint density at radius 2 is 1.40 bits per heavy atom. The molecule has 2 unspecified atom stereocenters. The normalized spacial score (nSPS) is 12.8. The average molecular weight is 426 g/mol. The molecule has 158 valence electrons. The van der Waals surface area contributed by atoms with Crippen molar-refractivity contribution in [1.82, 2.24) is 5.64 Å². The van der Waals surface area contributed by atoms with Gasteiger partial charge in [-0.1, -0.05) is 41.6 Å². The van der Waals surface area contributed by atoms with Crippen molar-refractivity contribution in [3.63, 3.8) is 0 Å². The van der Waals surface area contributed by atoms with E-state index in [1.54, 1.807) is 0 Å². The molecule has 30 heavy (non-hydrogen) atoms. The van der Waals surface area contributed by atoms with Gasteiger partial charge in [-0.15, -0.1) is 0 Å². The molecule has 2 aromatic rings. The van der Waals surface area contributed by atoms with Gasteiger partial charge < -0.3 is 19.1 Å². The number of carbonyl (C=O) groups excluding carboxylic acids is 1. The number of para-hydroxylation sites is 2. The number of carbonyl (C=O) groups is 1. The van der Waals surface area contributed by atoms with Crippen LogP contribution in [-0.2, 0) is 19.3 Å². The van der Waals surface area contributed by atoms with Crippen molar-refractivity contribution in [2.24, 2.45) is 5.16 Å². The van der Waals surface area contributed by atoms with Gasteiger partial charge in [0.15, 0.2) is 12.3 Å². The summed E-state index contributed by atoms with van der Waals surface area (Å²) in [5, 5.41) is 3.72. The maximum absolute atomic E-state index is 11.8. The fraction of sp³-hybridized carbons (Fsp3) is 0.333. The summed E-state index contributed by atoms with van der Waals surface area (Å²) >= 11 is 0. The van der Waals surface area contributed by atoms with Crippen molar-refractivity contribution in [3.05, 3.63) is 60.7 Å². The molecule has 0 spiro atoms. The second kappa shape index (κ2) is 14.8. The van der Waals surface area contributed by atoms with Gasteiger partial charge in [0.1, 0.15) is 30.3 Å². The summed E-state index contributed by atoms with van der Waals surface area (Å²) in [7, 11) is 0. The molecular formula is C21H27N2NaO6. The van der Waals surface area contributed by atoms with E-state index in [1.165, 1.54) is 6.92 Å². The molecule has 2 rings (SSSR count). The molecule has 0 fully saturated rings. The van der Waals surface area contributed by atoms with Crippen molar-refractivity contribution in [2.45, 2.75) is 33.0 Å². The molecule has 2 atom stereocenters. The number of benzene rings is 2. The van der Waals surface area contributed by atoms with Crippen LogP contribution in [0.2, 0.25) is 0 Å². The Kier molecular flexibility index (Phi) is 12.8. The number of hydrogen-bond acceptors (Lipinski definition) is 8. The minimum absolute atomic E-state index is 0. The first-order valence-corrected chi connectivity index (χ1v) is 9.22. The van der Waals surface area contributed by atoms with Crippen LogP contribution in [0.15, 0.2) is 65.8 Å². The Labute approximate surface area is 198 Å². The monoisotopic (exact) mass is 426 g/mol. The van der Waals surface area contributed by atoms with Crippen LogP contribution in [0, 0.1) is 0 Å². The van der Waals surface area contributed by atoms with E-state index in [-0.39, 0.29) is 60.7 Å². The van der Waals surface area contributed by atoms with Crippen LogP contribution in [0.1, 0.15) is 20.8 Å². The molecule has 9 heteroatoms. The number of nitrogens with one attached hydrogen (secondary N) is 1. The molecule has 0 amide bonds. The van der Waals surface area contributed by atoms with Crippen LogP contribution < -0.4 is 15.1 Å². The molecule has 8 nitrogen and oxygen atoms in total. The molecule has 0 aliphatic heterocycles. The van der Waals surface area contributed by atoms with E-state index < -0.39 is 5.97 Å². The number of ether oxygens (including phenoxy) is 2. The molecule has 0 aliphatic rings. The first kappa shape index (κ1) is 25.9. The number of rotatable bonds is 12. The van der Waals surface area contributed by atoms with E-state index in [4.69, 9.17) is 24.0 Å². The number of nitrogens with zero attached hydrogens (tertiary/aromatic N) is 1. The van der Waals surface area contributed by atoms with Crippen LogP contribution in [-0.4, -0.2) is 66.7 Å². The summed E-state index contributed by atoms with van der Waals surface area (Å²) in [6, 6.07) is 18.7. The summed E-state index contributed by atoms with van der Waals surface area (Å²) in [6.07, 6.45) is -0.481. The van der Waals surface area contributed by atoms with Gasteiger partial charge in [-0.3, -0.25) is 4.84 Å². The first-order chi connectivity index (χ1) is 14.0. The molecular weight excluding hydrogens is 399 g/mol. The van der Waals surface area contributed by atoms with Crippen molar-refractivity contribution in [1.29, 1.82) is 0 Å². The average Bonchev–Trinajstić information content (AvgIpc) is 2.72. The van der Waals surface area contributed by atoms with E-state index in [0.717, 1.165) is 11.5 Å². The maximum atomic E-state index is 11.8. The van der Waals surface area contributed by atoms with Gasteiger partial charge in [0.2, 0.25) is 0 Å². The first-order valence-electron chi connectivity index (χ1n) is 9.22. The van der Waals surface area contributed by atoms with Gasteiger partial charge in [-0.2, -0.15) is 0 Å². The topological polar surface area (TPSA) is 87.6 Å². The van der Waals surface area contributed by atoms with Gasteiger partial charge in [0, 0.05) is 0 Å². The number of hydrogen-bond donors (Lipinski definition) is 1. The van der Waals surface area contributed by atoms with Gasteiger partial charge in [0.05, 0.1) is 0 Å². The number of oxime groups is 1. The van der Waals surface area contributed by atoms with Crippen molar-refractivity contribution >= 4 is 41.2 Å². The Hall–Kier alpha value is -2.10.